The molecule has 0 aliphatic carbocycles. The molecule has 0 atom stereocenters. The second kappa shape index (κ2) is 30.0. The summed E-state index contributed by atoms with van der Waals surface area (Å²) in [4.78, 5) is 0. The Hall–Kier alpha value is -0.460. The maximum atomic E-state index is 8.37. The molecule has 0 amide bonds. The van der Waals surface area contributed by atoms with Crippen molar-refractivity contribution in [3.8, 4) is 0 Å². The van der Waals surface area contributed by atoms with Gasteiger partial charge in [-0.25, -0.2) is 0 Å². The van der Waals surface area contributed by atoms with Crippen molar-refractivity contribution >= 4 is 0 Å². The van der Waals surface area contributed by atoms with Crippen molar-refractivity contribution in [3.05, 3.63) is 13.2 Å². The van der Waals surface area contributed by atoms with Crippen LogP contribution in [0.3, 0.4) is 0 Å². The van der Waals surface area contributed by atoms with Gasteiger partial charge in [0.25, 0.3) is 0 Å². The number of hydrogen-bond acceptors (Lipinski definition) is 5. The highest BCUT2D eigenvalue weighted by atomic mass is 16.5. The molecule has 0 aromatic heterocycles. The molecule has 0 radical (unpaired) electrons. The van der Waals surface area contributed by atoms with Crippen LogP contribution in [0.4, 0.5) is 0 Å². The third-order valence-electron chi connectivity index (χ3n) is 1.24. The Morgan fingerprint density at radius 3 is 1.56 bits per heavy atom. The Balaban J connectivity index is -0.000000164. The molecule has 18 heavy (non-hydrogen) atoms. The van der Waals surface area contributed by atoms with Gasteiger partial charge < -0.3 is 25.1 Å². The van der Waals surface area contributed by atoms with Crippen molar-refractivity contribution in [2.24, 2.45) is 5.73 Å². The standard InChI is InChI=1S/C8H19NO4.C3H8.C2H4.H2/c9-1-3-11-5-7-13-8-6-12-4-2-10;1-3-2;1-2;/h10H,1-9H2;3H2,1-2H3;1-2H2;1H. The highest BCUT2D eigenvalue weighted by molar-refractivity contribution is 4.34. The van der Waals surface area contributed by atoms with Crippen LogP contribution in [-0.4, -0.2) is 57.9 Å². The molecule has 0 heterocycles. The van der Waals surface area contributed by atoms with Gasteiger partial charge in [-0.15, -0.1) is 13.2 Å². The number of aliphatic hydroxyl groups excluding tert-OH is 1. The number of rotatable bonds is 10. The predicted octanol–water partition coefficient (Wildman–Crippen LogP) is 1.45. The van der Waals surface area contributed by atoms with Gasteiger partial charge in [-0.3, -0.25) is 0 Å². The van der Waals surface area contributed by atoms with Gasteiger partial charge in [0.2, 0.25) is 0 Å². The highest BCUT2D eigenvalue weighted by Crippen LogP contribution is 1.80. The Kier molecular flexibility index (Phi) is 37.8. The first-order chi connectivity index (χ1) is 8.83. The Bertz CT molecular complexity index is 111. The predicted molar refractivity (Wildman–Crippen MR) is 77.9 cm³/mol. The van der Waals surface area contributed by atoms with E-state index in [0.29, 0.717) is 46.2 Å². The van der Waals surface area contributed by atoms with Crippen molar-refractivity contribution < 1.29 is 20.7 Å². The monoisotopic (exact) mass is 267 g/mol. The average Bonchev–Trinajstić information content (AvgIpc) is 2.40. The number of aliphatic hydroxyl groups is 1. The maximum Gasteiger partial charge on any atom is 0.0701 e. The molecule has 0 rings (SSSR count). The van der Waals surface area contributed by atoms with Gasteiger partial charge in [-0.05, 0) is 0 Å². The van der Waals surface area contributed by atoms with Gasteiger partial charge in [0.15, 0.2) is 0 Å². The summed E-state index contributed by atoms with van der Waals surface area (Å²) in [6.07, 6.45) is 1.25. The summed E-state index contributed by atoms with van der Waals surface area (Å²) in [5, 5.41) is 8.37. The van der Waals surface area contributed by atoms with Crippen LogP contribution in [0.25, 0.3) is 0 Å². The molecular formula is C13H33NO4. The highest BCUT2D eigenvalue weighted by Gasteiger charge is 1.89. The molecule has 0 aromatic rings. The number of hydrogen-bond donors (Lipinski definition) is 2. The minimum absolute atomic E-state index is 0. The zero-order valence-corrected chi connectivity index (χ0v) is 12.0. The molecular weight excluding hydrogens is 234 g/mol. The fourth-order valence-corrected chi connectivity index (χ4v) is 0.690. The van der Waals surface area contributed by atoms with Crippen LogP contribution in [-0.2, 0) is 14.2 Å². The fraction of sp³-hybridized carbons (Fsp3) is 0.846. The first-order valence-corrected chi connectivity index (χ1v) is 6.37. The van der Waals surface area contributed by atoms with Gasteiger partial charge in [0.05, 0.1) is 46.2 Å². The smallest absolute Gasteiger partial charge is 0.0701 e. The van der Waals surface area contributed by atoms with Crippen LogP contribution in [0.1, 0.15) is 21.7 Å². The summed E-state index contributed by atoms with van der Waals surface area (Å²) in [6.45, 7) is 14.0. The second-order valence-corrected chi connectivity index (χ2v) is 3.06. The maximum absolute atomic E-state index is 8.37. The fourth-order valence-electron chi connectivity index (χ4n) is 0.690. The van der Waals surface area contributed by atoms with Crippen molar-refractivity contribution in [2.75, 3.05) is 52.8 Å². The normalized spacial score (nSPS) is 8.89. The third kappa shape index (κ3) is 36.1. The Morgan fingerprint density at radius 1 is 0.889 bits per heavy atom. The van der Waals surface area contributed by atoms with E-state index >= 15 is 0 Å². The van der Waals surface area contributed by atoms with E-state index in [1.54, 1.807) is 0 Å². The largest absolute Gasteiger partial charge is 0.394 e. The molecule has 0 bridgehead atoms. The zero-order chi connectivity index (χ0) is 14.5. The molecule has 0 spiro atoms. The molecule has 0 aliphatic heterocycles. The van der Waals surface area contributed by atoms with Crippen molar-refractivity contribution in [3.63, 3.8) is 0 Å². The molecule has 0 fully saturated rings. The van der Waals surface area contributed by atoms with Gasteiger partial charge in [0, 0.05) is 7.97 Å². The summed E-state index contributed by atoms with van der Waals surface area (Å²) in [5.74, 6) is 0. The van der Waals surface area contributed by atoms with Crippen LogP contribution in [0.5, 0.6) is 0 Å². The quantitative estimate of drug-likeness (QED) is 0.463. The van der Waals surface area contributed by atoms with Crippen LogP contribution in [0.15, 0.2) is 13.2 Å². The summed E-state index contributed by atoms with van der Waals surface area (Å²) in [5.41, 5.74) is 5.21. The molecule has 0 unspecified atom stereocenters. The second-order valence-electron chi connectivity index (χ2n) is 3.06. The lowest BCUT2D eigenvalue weighted by molar-refractivity contribution is 0.00888. The zero-order valence-electron chi connectivity index (χ0n) is 12.0. The SMILES string of the molecule is C=C.CCC.NCCOCCOCCOCCO.[HH]. The van der Waals surface area contributed by atoms with Gasteiger partial charge >= 0.3 is 0 Å². The summed E-state index contributed by atoms with van der Waals surface area (Å²) >= 11 is 0. The number of nitrogens with two attached hydrogens (primary N) is 1. The van der Waals surface area contributed by atoms with Crippen LogP contribution in [0.2, 0.25) is 0 Å². The summed E-state index contributed by atoms with van der Waals surface area (Å²) in [7, 11) is 0. The lowest BCUT2D eigenvalue weighted by Gasteiger charge is -2.04. The molecule has 5 heteroatoms. The van der Waals surface area contributed by atoms with E-state index in [1.165, 1.54) is 6.42 Å². The van der Waals surface area contributed by atoms with Gasteiger partial charge in [0.1, 0.15) is 0 Å². The van der Waals surface area contributed by atoms with E-state index < -0.39 is 0 Å². The van der Waals surface area contributed by atoms with E-state index in [0.717, 1.165) is 0 Å². The lowest BCUT2D eigenvalue weighted by atomic mass is 10.6. The molecule has 0 aliphatic rings. The minimum atomic E-state index is 0. The first-order valence-electron chi connectivity index (χ1n) is 6.37. The molecule has 0 aromatic carbocycles. The van der Waals surface area contributed by atoms with Gasteiger partial charge in [-0.2, -0.15) is 0 Å². The van der Waals surface area contributed by atoms with Crippen LogP contribution < -0.4 is 5.73 Å². The van der Waals surface area contributed by atoms with E-state index in [2.05, 4.69) is 27.0 Å². The third-order valence-corrected chi connectivity index (χ3v) is 1.24. The molecule has 0 saturated heterocycles. The van der Waals surface area contributed by atoms with Crippen LogP contribution >= 0.6 is 0 Å². The van der Waals surface area contributed by atoms with E-state index in [4.69, 9.17) is 25.1 Å². The number of ether oxygens (including phenoxy) is 3. The Morgan fingerprint density at radius 2 is 1.22 bits per heavy atom. The Labute approximate surface area is 113 Å². The molecule has 0 saturated carbocycles. The molecule has 3 N–H and O–H groups in total. The van der Waals surface area contributed by atoms with E-state index in [-0.39, 0.29) is 8.03 Å². The van der Waals surface area contributed by atoms with E-state index in [1.807, 2.05) is 0 Å². The van der Waals surface area contributed by atoms with Gasteiger partial charge in [-0.1, -0.05) is 20.3 Å². The lowest BCUT2D eigenvalue weighted by Crippen LogP contribution is -2.14. The van der Waals surface area contributed by atoms with Crippen LogP contribution in [0, 0.1) is 0 Å². The minimum Gasteiger partial charge on any atom is -0.394 e. The summed E-state index contributed by atoms with van der Waals surface area (Å²) in [6, 6.07) is 0. The molecule has 114 valence electrons. The topological polar surface area (TPSA) is 73.9 Å². The van der Waals surface area contributed by atoms with Crippen molar-refractivity contribution in [2.45, 2.75) is 20.3 Å². The van der Waals surface area contributed by atoms with Crippen molar-refractivity contribution in [1.82, 2.24) is 0 Å². The average molecular weight is 267 g/mol. The van der Waals surface area contributed by atoms with E-state index in [9.17, 15) is 0 Å². The van der Waals surface area contributed by atoms with Crippen molar-refractivity contribution in [1.29, 1.82) is 0 Å². The molecule has 5 nitrogen and oxygen atoms in total. The summed E-state index contributed by atoms with van der Waals surface area (Å²) < 4.78 is 15.2. The first kappa shape index (κ1) is 22.7.